The predicted octanol–water partition coefficient (Wildman–Crippen LogP) is 6.55. The topological polar surface area (TPSA) is 20.2 Å². The summed E-state index contributed by atoms with van der Waals surface area (Å²) in [5.74, 6) is -2.57. The van der Waals surface area contributed by atoms with Crippen LogP contribution in [0.3, 0.4) is 0 Å². The minimum Gasteiger partial charge on any atom is -0.503 e. The van der Waals surface area contributed by atoms with Crippen LogP contribution in [-0.4, -0.2) is 5.11 Å². The largest absolute Gasteiger partial charge is 0.503 e. The molecule has 0 bridgehead atoms. The van der Waals surface area contributed by atoms with E-state index >= 15 is 0 Å². The summed E-state index contributed by atoms with van der Waals surface area (Å²) in [5, 5.41) is 9.18. The van der Waals surface area contributed by atoms with Crippen LogP contribution in [-0.2, 0) is 0 Å². The van der Waals surface area contributed by atoms with Crippen molar-refractivity contribution in [1.82, 2.24) is 0 Å². The number of phenols is 1. The van der Waals surface area contributed by atoms with Crippen molar-refractivity contribution in [2.75, 3.05) is 0 Å². The van der Waals surface area contributed by atoms with E-state index in [2.05, 4.69) is 6.92 Å². The van der Waals surface area contributed by atoms with Crippen LogP contribution in [0.25, 0.3) is 11.1 Å². The van der Waals surface area contributed by atoms with Gasteiger partial charge in [-0.05, 0) is 66.8 Å². The van der Waals surface area contributed by atoms with Crippen LogP contribution >= 0.6 is 0 Å². The van der Waals surface area contributed by atoms with Crippen LogP contribution in [0.15, 0.2) is 30.3 Å². The smallest absolute Gasteiger partial charge is 0.187 e. The fraction of sp³-hybridized carbons (Fsp3) is 0.429. The maximum atomic E-state index is 14.5. The minimum absolute atomic E-state index is 0.0866. The predicted molar refractivity (Wildman–Crippen MR) is 93.0 cm³/mol. The Morgan fingerprint density at radius 3 is 2.12 bits per heavy atom. The lowest BCUT2D eigenvalue weighted by atomic mass is 9.77. The molecule has 0 amide bonds. The third-order valence-corrected chi connectivity index (χ3v) is 5.34. The molecule has 1 fully saturated rings. The molecule has 1 saturated carbocycles. The third-order valence-electron chi connectivity index (χ3n) is 5.34. The molecule has 1 nitrogen and oxygen atoms in total. The Kier molecular flexibility index (Phi) is 5.36. The lowest BCUT2D eigenvalue weighted by Gasteiger charge is -2.28. The van der Waals surface area contributed by atoms with Gasteiger partial charge < -0.3 is 5.11 Å². The monoisotopic (exact) mass is 348 g/mol. The summed E-state index contributed by atoms with van der Waals surface area (Å²) >= 11 is 0. The number of aromatic hydroxyl groups is 1. The number of benzene rings is 2. The molecule has 0 aromatic heterocycles. The zero-order valence-electron chi connectivity index (χ0n) is 14.4. The van der Waals surface area contributed by atoms with E-state index in [0.717, 1.165) is 36.5 Å². The summed E-state index contributed by atoms with van der Waals surface area (Å²) in [7, 11) is 0. The zero-order valence-corrected chi connectivity index (χ0v) is 14.4. The second-order valence-corrected chi connectivity index (χ2v) is 7.03. The van der Waals surface area contributed by atoms with Crippen molar-refractivity contribution in [2.45, 2.75) is 51.4 Å². The van der Waals surface area contributed by atoms with E-state index in [-0.39, 0.29) is 11.1 Å². The summed E-state index contributed by atoms with van der Waals surface area (Å²) in [6.45, 7) is 2.20. The Morgan fingerprint density at radius 1 is 0.920 bits per heavy atom. The molecule has 25 heavy (non-hydrogen) atoms. The first-order chi connectivity index (χ1) is 12.0. The molecule has 1 aliphatic rings. The van der Waals surface area contributed by atoms with Gasteiger partial charge in [-0.1, -0.05) is 31.9 Å². The van der Waals surface area contributed by atoms with Crippen LogP contribution in [0.1, 0.15) is 56.9 Å². The Morgan fingerprint density at radius 2 is 1.56 bits per heavy atom. The normalized spacial score (nSPS) is 20.6. The lowest BCUT2D eigenvalue weighted by Crippen LogP contribution is -2.13. The molecule has 4 heteroatoms. The van der Waals surface area contributed by atoms with Crippen molar-refractivity contribution < 1.29 is 18.3 Å². The first-order valence-electron chi connectivity index (χ1n) is 8.97. The number of hydrogen-bond acceptors (Lipinski definition) is 1. The quantitative estimate of drug-likeness (QED) is 0.664. The van der Waals surface area contributed by atoms with Gasteiger partial charge in [0.05, 0.1) is 0 Å². The van der Waals surface area contributed by atoms with Crippen LogP contribution in [0.4, 0.5) is 13.2 Å². The third kappa shape index (κ3) is 3.83. The average molecular weight is 348 g/mol. The Bertz CT molecular complexity index is 726. The zero-order chi connectivity index (χ0) is 18.0. The molecule has 0 saturated heterocycles. The summed E-state index contributed by atoms with van der Waals surface area (Å²) in [6, 6.07) is 6.82. The maximum Gasteiger partial charge on any atom is 0.187 e. The van der Waals surface area contributed by atoms with Gasteiger partial charge >= 0.3 is 0 Å². The first-order valence-corrected chi connectivity index (χ1v) is 8.97. The molecule has 2 aromatic rings. The molecule has 0 aliphatic heterocycles. The number of hydrogen-bond donors (Lipinski definition) is 1. The molecule has 0 unspecified atom stereocenters. The van der Waals surface area contributed by atoms with Crippen molar-refractivity contribution in [1.29, 1.82) is 0 Å². The SMILES string of the molecule is CCCC1CCC(c2ccc(-c3cc(F)c(O)c(F)c3)c(F)c2)CC1. The Balaban J connectivity index is 1.80. The molecule has 134 valence electrons. The summed E-state index contributed by atoms with van der Waals surface area (Å²) in [4.78, 5) is 0. The van der Waals surface area contributed by atoms with E-state index < -0.39 is 23.2 Å². The van der Waals surface area contributed by atoms with Crippen LogP contribution in [0.2, 0.25) is 0 Å². The van der Waals surface area contributed by atoms with Gasteiger partial charge in [0.1, 0.15) is 5.82 Å². The fourth-order valence-electron chi connectivity index (χ4n) is 3.93. The summed E-state index contributed by atoms with van der Waals surface area (Å²) < 4.78 is 41.6. The van der Waals surface area contributed by atoms with E-state index in [4.69, 9.17) is 0 Å². The van der Waals surface area contributed by atoms with E-state index in [1.54, 1.807) is 6.07 Å². The van der Waals surface area contributed by atoms with Crippen molar-refractivity contribution in [2.24, 2.45) is 5.92 Å². The van der Waals surface area contributed by atoms with Crippen molar-refractivity contribution in [3.8, 4) is 16.9 Å². The van der Waals surface area contributed by atoms with Crippen LogP contribution < -0.4 is 0 Å². The van der Waals surface area contributed by atoms with Crippen molar-refractivity contribution >= 4 is 0 Å². The van der Waals surface area contributed by atoms with Gasteiger partial charge in [-0.3, -0.25) is 0 Å². The number of rotatable bonds is 4. The standard InChI is InChI=1S/C21H23F3O/c1-2-3-13-4-6-14(7-5-13)15-8-9-17(18(22)10-15)16-11-19(23)21(25)20(24)12-16/h8-14,25H,2-7H2,1H3. The molecule has 3 rings (SSSR count). The second kappa shape index (κ2) is 7.51. The lowest BCUT2D eigenvalue weighted by molar-refractivity contribution is 0.308. The molecule has 2 aromatic carbocycles. The van der Waals surface area contributed by atoms with Crippen molar-refractivity contribution in [3.63, 3.8) is 0 Å². The average Bonchev–Trinajstić information content (AvgIpc) is 2.60. The van der Waals surface area contributed by atoms with Gasteiger partial charge in [-0.15, -0.1) is 0 Å². The second-order valence-electron chi connectivity index (χ2n) is 7.03. The molecule has 0 spiro atoms. The number of phenolic OH excluding ortho intramolecular Hbond substituents is 1. The van der Waals surface area contributed by atoms with E-state index in [9.17, 15) is 18.3 Å². The van der Waals surface area contributed by atoms with Gasteiger partial charge in [0.15, 0.2) is 17.4 Å². The van der Waals surface area contributed by atoms with Gasteiger partial charge in [-0.25, -0.2) is 13.2 Å². The summed E-state index contributed by atoms with van der Waals surface area (Å²) in [6.07, 6.45) is 6.95. The molecular weight excluding hydrogens is 325 g/mol. The summed E-state index contributed by atoms with van der Waals surface area (Å²) in [5.41, 5.74) is 1.18. The molecule has 1 aliphatic carbocycles. The first kappa shape index (κ1) is 17.8. The van der Waals surface area contributed by atoms with Crippen molar-refractivity contribution in [3.05, 3.63) is 53.3 Å². The molecule has 0 atom stereocenters. The molecule has 0 heterocycles. The molecular formula is C21H23F3O. The highest BCUT2D eigenvalue weighted by Gasteiger charge is 2.23. The van der Waals surface area contributed by atoms with Gasteiger partial charge in [-0.2, -0.15) is 0 Å². The van der Waals surface area contributed by atoms with Crippen LogP contribution in [0, 0.1) is 23.4 Å². The van der Waals surface area contributed by atoms with Gasteiger partial charge in [0.25, 0.3) is 0 Å². The maximum absolute atomic E-state index is 14.5. The highest BCUT2D eigenvalue weighted by Crippen LogP contribution is 2.39. The highest BCUT2D eigenvalue weighted by atomic mass is 19.1. The van der Waals surface area contributed by atoms with Gasteiger partial charge in [0.2, 0.25) is 0 Å². The molecule has 0 radical (unpaired) electrons. The number of halogens is 3. The minimum atomic E-state index is -1.09. The molecule has 1 N–H and O–H groups in total. The van der Waals surface area contributed by atoms with E-state index in [1.807, 2.05) is 6.07 Å². The van der Waals surface area contributed by atoms with Crippen LogP contribution in [0.5, 0.6) is 5.75 Å². The highest BCUT2D eigenvalue weighted by molar-refractivity contribution is 5.65. The van der Waals surface area contributed by atoms with Gasteiger partial charge in [0, 0.05) is 5.56 Å². The van der Waals surface area contributed by atoms with E-state index in [1.165, 1.54) is 31.7 Å². The Hall–Kier alpha value is -1.97. The Labute approximate surface area is 146 Å². The van der Waals surface area contributed by atoms with E-state index in [0.29, 0.717) is 5.92 Å². The fourth-order valence-corrected chi connectivity index (χ4v) is 3.93.